The second-order valence-electron chi connectivity index (χ2n) is 16.1. The molecule has 5 aliphatic heterocycles. The van der Waals surface area contributed by atoms with E-state index in [9.17, 15) is 23.6 Å². The Hall–Kier alpha value is -6.06. The average Bonchev–Trinajstić information content (AvgIpc) is 3.94. The smallest absolute Gasteiger partial charge is 0.262 e. The van der Waals surface area contributed by atoms with Gasteiger partial charge in [-0.15, -0.1) is 5.10 Å². The van der Waals surface area contributed by atoms with Crippen LogP contribution in [0.3, 0.4) is 0 Å². The maximum Gasteiger partial charge on any atom is 0.262 e. The molecule has 2 aromatic carbocycles. The fourth-order valence-corrected chi connectivity index (χ4v) is 9.36. The fourth-order valence-electron chi connectivity index (χ4n) is 9.36. The van der Waals surface area contributed by atoms with E-state index < -0.39 is 23.8 Å². The van der Waals surface area contributed by atoms with Gasteiger partial charge in [0.15, 0.2) is 5.65 Å². The van der Waals surface area contributed by atoms with Gasteiger partial charge in [-0.3, -0.25) is 39.2 Å². The molecule has 15 heteroatoms. The van der Waals surface area contributed by atoms with Gasteiger partial charge >= 0.3 is 0 Å². The van der Waals surface area contributed by atoms with E-state index in [-0.39, 0.29) is 30.6 Å². The first-order valence-electron chi connectivity index (χ1n) is 20.1. The highest BCUT2D eigenvalue weighted by Gasteiger charge is 2.45. The third-order valence-corrected chi connectivity index (χ3v) is 12.3. The topological polar surface area (TPSA) is 140 Å². The van der Waals surface area contributed by atoms with Crippen LogP contribution in [-0.2, 0) is 16.1 Å². The van der Waals surface area contributed by atoms with Crippen LogP contribution < -0.4 is 15.1 Å². The van der Waals surface area contributed by atoms with Crippen molar-refractivity contribution in [2.24, 2.45) is 5.92 Å². The molecule has 14 nitrogen and oxygen atoms in total. The molecule has 5 aliphatic rings. The van der Waals surface area contributed by atoms with E-state index in [1.165, 1.54) is 6.07 Å². The summed E-state index contributed by atoms with van der Waals surface area (Å²) >= 11 is 0. The van der Waals surface area contributed by atoms with E-state index >= 15 is 0 Å². The van der Waals surface area contributed by atoms with E-state index in [1.54, 1.807) is 24.3 Å². The van der Waals surface area contributed by atoms with Gasteiger partial charge in [0.05, 0.1) is 29.1 Å². The Balaban J connectivity index is 0.733. The highest BCUT2D eigenvalue weighted by molar-refractivity contribution is 6.23. The van der Waals surface area contributed by atoms with E-state index in [0.717, 1.165) is 110 Å². The molecular weight excluding hydrogens is 740 g/mol. The summed E-state index contributed by atoms with van der Waals surface area (Å²) < 4.78 is 16.0. The van der Waals surface area contributed by atoms with Crippen molar-refractivity contribution in [1.29, 1.82) is 0 Å². The number of hydrogen-bond donors (Lipinski definition) is 1. The third-order valence-electron chi connectivity index (χ3n) is 12.3. The van der Waals surface area contributed by atoms with Crippen LogP contribution in [0.25, 0.3) is 17.0 Å². The maximum absolute atomic E-state index is 14.1. The van der Waals surface area contributed by atoms with Crippen LogP contribution in [0.5, 0.6) is 0 Å². The number of piperidine rings is 1. The van der Waals surface area contributed by atoms with E-state index in [0.29, 0.717) is 23.6 Å². The monoisotopic (exact) mass is 782 g/mol. The lowest BCUT2D eigenvalue weighted by Crippen LogP contribution is -2.54. The SMILES string of the molecule is O=C1CCC(N2C(=O)c3ccc(CN4CC(CN5CCN(c6cccc(-c7cnc8ccc(N9CCCC9c9cccc(F)c9)nn78)n6)CC5)C4)cc3C2=O)C(=O)N1. The van der Waals surface area contributed by atoms with Gasteiger partial charge in [-0.05, 0) is 84.8 Å². The predicted octanol–water partition coefficient (Wildman–Crippen LogP) is 3.93. The molecule has 4 fully saturated rings. The van der Waals surface area contributed by atoms with Crippen LogP contribution >= 0.6 is 0 Å². The molecule has 2 unspecified atom stereocenters. The summed E-state index contributed by atoms with van der Waals surface area (Å²) in [6.07, 6.45) is 4.02. The quantitative estimate of drug-likeness (QED) is 0.218. The second-order valence-corrected chi connectivity index (χ2v) is 16.1. The molecule has 58 heavy (non-hydrogen) atoms. The molecular formula is C43H43FN10O4. The van der Waals surface area contributed by atoms with Crippen LogP contribution in [0.15, 0.2) is 79.0 Å². The molecule has 1 N–H and O–H groups in total. The normalized spacial score (nSPS) is 21.9. The van der Waals surface area contributed by atoms with Crippen molar-refractivity contribution in [1.82, 2.24) is 39.6 Å². The summed E-state index contributed by atoms with van der Waals surface area (Å²) in [5.74, 6) is 0.132. The zero-order valence-corrected chi connectivity index (χ0v) is 32.0. The van der Waals surface area contributed by atoms with Gasteiger partial charge in [-0.25, -0.2) is 18.9 Å². The number of likely N-dealkylation sites (tertiary alicyclic amines) is 1. The van der Waals surface area contributed by atoms with Gasteiger partial charge in [-0.1, -0.05) is 24.3 Å². The molecule has 8 heterocycles. The summed E-state index contributed by atoms with van der Waals surface area (Å²) in [7, 11) is 0. The summed E-state index contributed by atoms with van der Waals surface area (Å²) in [6, 6.07) is 21.4. The molecule has 2 atom stereocenters. The number of amides is 4. The first-order chi connectivity index (χ1) is 28.3. The number of nitrogens with one attached hydrogen (secondary N) is 1. The first kappa shape index (κ1) is 36.3. The number of pyridine rings is 1. The molecule has 0 radical (unpaired) electrons. The zero-order chi connectivity index (χ0) is 39.5. The summed E-state index contributed by atoms with van der Waals surface area (Å²) in [5.41, 5.74) is 4.91. The number of fused-ring (bicyclic) bond motifs is 2. The van der Waals surface area contributed by atoms with Crippen LogP contribution in [0, 0.1) is 11.7 Å². The van der Waals surface area contributed by atoms with E-state index in [1.807, 2.05) is 47.1 Å². The number of halogens is 1. The lowest BCUT2D eigenvalue weighted by Gasteiger charge is -2.44. The zero-order valence-electron chi connectivity index (χ0n) is 32.0. The molecule has 0 aliphatic carbocycles. The van der Waals surface area contributed by atoms with Crippen LogP contribution in [0.1, 0.15) is 63.6 Å². The minimum atomic E-state index is -0.965. The molecule has 0 saturated carbocycles. The molecule has 0 spiro atoms. The molecule has 10 rings (SSSR count). The number of imidazole rings is 1. The average molecular weight is 783 g/mol. The van der Waals surface area contributed by atoms with Crippen LogP contribution in [0.2, 0.25) is 0 Å². The number of rotatable bonds is 9. The maximum atomic E-state index is 14.1. The highest BCUT2D eigenvalue weighted by atomic mass is 19.1. The Morgan fingerprint density at radius 2 is 1.60 bits per heavy atom. The van der Waals surface area contributed by atoms with E-state index in [2.05, 4.69) is 36.0 Å². The summed E-state index contributed by atoms with van der Waals surface area (Å²) in [6.45, 7) is 8.07. The van der Waals surface area contributed by atoms with Gasteiger partial charge in [0.1, 0.15) is 29.2 Å². The fraction of sp³-hybridized carbons (Fsp3) is 0.372. The van der Waals surface area contributed by atoms with Crippen molar-refractivity contribution in [3.63, 3.8) is 0 Å². The van der Waals surface area contributed by atoms with Crippen LogP contribution in [0.4, 0.5) is 16.0 Å². The number of nitrogens with zero attached hydrogens (tertiary/aromatic N) is 9. The molecule has 4 saturated heterocycles. The Labute approximate surface area is 334 Å². The number of anilines is 2. The number of carbonyl (C=O) groups is 4. The number of benzene rings is 2. The predicted molar refractivity (Wildman–Crippen MR) is 212 cm³/mol. The Morgan fingerprint density at radius 1 is 0.776 bits per heavy atom. The second kappa shape index (κ2) is 14.7. The van der Waals surface area contributed by atoms with Crippen molar-refractivity contribution in [3.8, 4) is 11.4 Å². The lowest BCUT2D eigenvalue weighted by atomic mass is 9.97. The molecule has 3 aromatic heterocycles. The van der Waals surface area contributed by atoms with Gasteiger partial charge < -0.3 is 9.80 Å². The van der Waals surface area contributed by atoms with E-state index in [4.69, 9.17) is 10.1 Å². The number of imide groups is 2. The standard InChI is InChI=1S/C43H43FN10O4/c44-30-5-1-4-29(21-30)34-7-3-15-52(34)39-13-12-37-45-22-36(54(37)48-39)33-6-2-8-38(46-33)51-18-16-49(17-19-51)24-28-25-50(26-28)23-27-9-10-31-32(20-27)43(58)53(42(31)57)35-11-14-40(55)47-41(35)56/h1-2,4-6,8-10,12-13,20-22,28,34-35H,3,7,11,14-19,23-26H2,(H,47,55,56). The van der Waals surface area contributed by atoms with Crippen molar-refractivity contribution in [2.45, 2.75) is 44.3 Å². The van der Waals surface area contributed by atoms with Gasteiger partial charge in [0, 0.05) is 65.3 Å². The highest BCUT2D eigenvalue weighted by Crippen LogP contribution is 2.36. The summed E-state index contributed by atoms with van der Waals surface area (Å²) in [5, 5.41) is 7.27. The first-order valence-corrected chi connectivity index (χ1v) is 20.1. The lowest BCUT2D eigenvalue weighted by molar-refractivity contribution is -0.136. The van der Waals surface area contributed by atoms with Crippen molar-refractivity contribution < 1.29 is 23.6 Å². The Bertz CT molecular complexity index is 2460. The van der Waals surface area contributed by atoms with Crippen molar-refractivity contribution in [3.05, 3.63) is 107 Å². The summed E-state index contributed by atoms with van der Waals surface area (Å²) in [4.78, 5) is 70.6. The molecule has 0 bridgehead atoms. The van der Waals surface area contributed by atoms with Gasteiger partial charge in [0.2, 0.25) is 11.8 Å². The molecule has 296 valence electrons. The Kier molecular flexibility index (Phi) is 9.20. The van der Waals surface area contributed by atoms with Gasteiger partial charge in [-0.2, -0.15) is 0 Å². The molecule has 4 amide bonds. The number of carbonyl (C=O) groups excluding carboxylic acids is 4. The number of hydrogen-bond acceptors (Lipinski definition) is 11. The number of piperazine rings is 1. The third kappa shape index (κ3) is 6.67. The minimum Gasteiger partial charge on any atom is -0.354 e. The largest absolute Gasteiger partial charge is 0.354 e. The van der Waals surface area contributed by atoms with Crippen molar-refractivity contribution in [2.75, 3.05) is 62.2 Å². The van der Waals surface area contributed by atoms with Gasteiger partial charge in [0.25, 0.3) is 11.8 Å². The number of aromatic nitrogens is 4. The Morgan fingerprint density at radius 3 is 2.43 bits per heavy atom. The minimum absolute atomic E-state index is 0.0662. The van der Waals surface area contributed by atoms with Crippen LogP contribution in [-0.4, -0.2) is 116 Å². The molecule has 5 aromatic rings. The van der Waals surface area contributed by atoms with Crippen molar-refractivity contribution >= 4 is 40.9 Å².